The minimum absolute atomic E-state index is 0.361. The Labute approximate surface area is 114 Å². The zero-order chi connectivity index (χ0) is 13.4. The summed E-state index contributed by atoms with van der Waals surface area (Å²) in [4.78, 5) is 19.9. The Hall–Kier alpha value is -2.20. The van der Waals surface area contributed by atoms with E-state index < -0.39 is 0 Å². The van der Waals surface area contributed by atoms with Crippen LogP contribution in [-0.2, 0) is 4.79 Å². The minimum Gasteiger partial charge on any atom is -0.427 e. The van der Waals surface area contributed by atoms with Crippen LogP contribution in [0.25, 0.3) is 22.1 Å². The molecule has 0 spiro atoms. The molecule has 19 heavy (non-hydrogen) atoms. The van der Waals surface area contributed by atoms with Crippen LogP contribution in [0.15, 0.2) is 36.4 Å². The summed E-state index contributed by atoms with van der Waals surface area (Å²) in [6.45, 7) is 1.36. The second kappa shape index (κ2) is 4.48. The molecule has 0 aliphatic heterocycles. The number of esters is 1. The summed E-state index contributed by atoms with van der Waals surface area (Å²) in [7, 11) is 0. The minimum atomic E-state index is -0.361. The summed E-state index contributed by atoms with van der Waals surface area (Å²) in [6.07, 6.45) is 0. The second-order valence-electron chi connectivity index (χ2n) is 4.10. The van der Waals surface area contributed by atoms with Crippen LogP contribution in [0.4, 0.5) is 0 Å². The van der Waals surface area contributed by atoms with Crippen LogP contribution in [-0.4, -0.2) is 15.9 Å². The van der Waals surface area contributed by atoms with Crippen molar-refractivity contribution in [3.8, 4) is 5.75 Å². The Bertz CT molecular complexity index is 802. The smallest absolute Gasteiger partial charge is 0.308 e. The fourth-order valence-corrected chi connectivity index (χ4v) is 2.02. The molecule has 0 N–H and O–H groups in total. The van der Waals surface area contributed by atoms with Gasteiger partial charge in [-0.1, -0.05) is 11.6 Å². The van der Waals surface area contributed by atoms with Gasteiger partial charge in [-0.25, -0.2) is 9.97 Å². The van der Waals surface area contributed by atoms with Crippen molar-refractivity contribution in [2.45, 2.75) is 6.92 Å². The maximum atomic E-state index is 10.9. The third-order valence-electron chi connectivity index (χ3n) is 2.63. The lowest BCUT2D eigenvalue weighted by Gasteiger charge is -2.04. The van der Waals surface area contributed by atoms with Gasteiger partial charge in [-0.05, 0) is 30.3 Å². The van der Waals surface area contributed by atoms with Crippen LogP contribution in [0.3, 0.4) is 0 Å². The van der Waals surface area contributed by atoms with Gasteiger partial charge < -0.3 is 4.74 Å². The molecule has 1 aromatic heterocycles. The van der Waals surface area contributed by atoms with Crippen molar-refractivity contribution in [2.75, 3.05) is 0 Å². The predicted octanol–water partition coefficient (Wildman–Crippen LogP) is 3.36. The Morgan fingerprint density at radius 2 is 1.63 bits per heavy atom. The van der Waals surface area contributed by atoms with E-state index in [4.69, 9.17) is 16.3 Å². The molecule has 0 saturated heterocycles. The number of benzene rings is 2. The summed E-state index contributed by atoms with van der Waals surface area (Å²) in [6, 6.07) is 10.5. The Morgan fingerprint density at radius 1 is 1.00 bits per heavy atom. The molecule has 1 heterocycles. The van der Waals surface area contributed by atoms with E-state index in [-0.39, 0.29) is 5.97 Å². The first-order valence-corrected chi connectivity index (χ1v) is 6.05. The van der Waals surface area contributed by atoms with Crippen molar-refractivity contribution in [1.82, 2.24) is 9.97 Å². The molecule has 3 aromatic rings. The molecule has 4 nitrogen and oxygen atoms in total. The van der Waals surface area contributed by atoms with Gasteiger partial charge in [0.1, 0.15) is 5.75 Å². The van der Waals surface area contributed by atoms with Gasteiger partial charge in [0.25, 0.3) is 0 Å². The van der Waals surface area contributed by atoms with Crippen LogP contribution < -0.4 is 4.74 Å². The SMILES string of the molecule is CC(=O)Oc1ccc2nc3cc(Cl)ccc3nc2c1. The fraction of sp³-hybridized carbons (Fsp3) is 0.0714. The molecule has 0 radical (unpaired) electrons. The highest BCUT2D eigenvalue weighted by atomic mass is 35.5. The molecular formula is C14H9ClN2O2. The average molecular weight is 273 g/mol. The highest BCUT2D eigenvalue weighted by Gasteiger charge is 2.05. The van der Waals surface area contributed by atoms with Crippen LogP contribution in [0, 0.1) is 0 Å². The van der Waals surface area contributed by atoms with Crippen LogP contribution in [0.2, 0.25) is 5.02 Å². The normalized spacial score (nSPS) is 10.8. The standard InChI is InChI=1S/C14H9ClN2O2/c1-8(18)19-10-3-5-12-14(7-10)17-11-4-2-9(15)6-13(11)16-12/h2-7H,1H3. The van der Waals surface area contributed by atoms with E-state index in [0.717, 1.165) is 16.6 Å². The Balaban J connectivity index is 2.20. The van der Waals surface area contributed by atoms with Gasteiger partial charge in [0.15, 0.2) is 0 Å². The summed E-state index contributed by atoms with van der Waals surface area (Å²) in [5.41, 5.74) is 2.89. The third-order valence-corrected chi connectivity index (χ3v) is 2.86. The largest absolute Gasteiger partial charge is 0.427 e. The zero-order valence-electron chi connectivity index (χ0n) is 10.1. The summed E-state index contributed by atoms with van der Waals surface area (Å²) >= 11 is 5.93. The van der Waals surface area contributed by atoms with Crippen LogP contribution in [0.1, 0.15) is 6.92 Å². The van der Waals surface area contributed by atoms with Crippen LogP contribution in [0.5, 0.6) is 5.75 Å². The number of halogens is 1. The van der Waals surface area contributed by atoms with Crippen molar-refractivity contribution < 1.29 is 9.53 Å². The molecule has 3 rings (SSSR count). The first kappa shape index (κ1) is 11.9. The molecule has 0 fully saturated rings. The number of fused-ring (bicyclic) bond motifs is 2. The molecular weight excluding hydrogens is 264 g/mol. The second-order valence-corrected chi connectivity index (χ2v) is 4.54. The maximum Gasteiger partial charge on any atom is 0.308 e. The van der Waals surface area contributed by atoms with Gasteiger partial charge >= 0.3 is 5.97 Å². The number of ether oxygens (including phenoxy) is 1. The summed E-state index contributed by atoms with van der Waals surface area (Å²) < 4.78 is 5.03. The molecule has 94 valence electrons. The van der Waals surface area contributed by atoms with Crippen molar-refractivity contribution in [3.63, 3.8) is 0 Å². The number of carbonyl (C=O) groups is 1. The number of nitrogens with zero attached hydrogens (tertiary/aromatic N) is 2. The van der Waals surface area contributed by atoms with Crippen molar-refractivity contribution in [2.24, 2.45) is 0 Å². The number of hydrogen-bond donors (Lipinski definition) is 0. The molecule has 0 saturated carbocycles. The predicted molar refractivity (Wildman–Crippen MR) is 73.4 cm³/mol. The van der Waals surface area contributed by atoms with Crippen LogP contribution >= 0.6 is 11.6 Å². The van der Waals surface area contributed by atoms with Gasteiger partial charge in [0, 0.05) is 18.0 Å². The Morgan fingerprint density at radius 3 is 2.32 bits per heavy atom. The van der Waals surface area contributed by atoms with Gasteiger partial charge in [0.05, 0.1) is 22.1 Å². The monoisotopic (exact) mass is 272 g/mol. The van der Waals surface area contributed by atoms with Crippen molar-refractivity contribution in [3.05, 3.63) is 41.4 Å². The molecule has 0 bridgehead atoms. The fourth-order valence-electron chi connectivity index (χ4n) is 1.86. The van der Waals surface area contributed by atoms with Gasteiger partial charge in [-0.2, -0.15) is 0 Å². The molecule has 2 aromatic carbocycles. The third kappa shape index (κ3) is 2.35. The van der Waals surface area contributed by atoms with E-state index in [2.05, 4.69) is 9.97 Å². The zero-order valence-corrected chi connectivity index (χ0v) is 10.8. The van der Waals surface area contributed by atoms with Gasteiger partial charge in [-0.15, -0.1) is 0 Å². The molecule has 5 heteroatoms. The van der Waals surface area contributed by atoms with Gasteiger partial charge in [-0.3, -0.25) is 4.79 Å². The number of carbonyl (C=O) groups excluding carboxylic acids is 1. The molecule has 0 amide bonds. The Kier molecular flexibility index (Phi) is 2.80. The number of hydrogen-bond acceptors (Lipinski definition) is 4. The molecule has 0 atom stereocenters. The van der Waals surface area contributed by atoms with Crippen molar-refractivity contribution in [1.29, 1.82) is 0 Å². The first-order chi connectivity index (χ1) is 9.11. The highest BCUT2D eigenvalue weighted by Crippen LogP contribution is 2.22. The number of rotatable bonds is 1. The van der Waals surface area contributed by atoms with Crippen molar-refractivity contribution >= 4 is 39.6 Å². The average Bonchev–Trinajstić information content (AvgIpc) is 2.35. The lowest BCUT2D eigenvalue weighted by atomic mass is 10.2. The van der Waals surface area contributed by atoms with E-state index in [0.29, 0.717) is 16.3 Å². The van der Waals surface area contributed by atoms with E-state index >= 15 is 0 Å². The lowest BCUT2D eigenvalue weighted by molar-refractivity contribution is -0.131. The van der Waals surface area contributed by atoms with E-state index in [1.807, 2.05) is 6.07 Å². The summed E-state index contributed by atoms with van der Waals surface area (Å²) in [5, 5.41) is 0.623. The van der Waals surface area contributed by atoms with Gasteiger partial charge in [0.2, 0.25) is 0 Å². The molecule has 0 unspecified atom stereocenters. The van der Waals surface area contributed by atoms with E-state index in [1.54, 1.807) is 30.3 Å². The molecule has 0 aliphatic carbocycles. The topological polar surface area (TPSA) is 52.1 Å². The maximum absolute atomic E-state index is 10.9. The van der Waals surface area contributed by atoms with E-state index in [9.17, 15) is 4.79 Å². The van der Waals surface area contributed by atoms with E-state index in [1.165, 1.54) is 6.92 Å². The summed E-state index contributed by atoms with van der Waals surface area (Å²) in [5.74, 6) is 0.0995. The molecule has 0 aliphatic rings. The quantitative estimate of drug-likeness (QED) is 0.387. The number of aromatic nitrogens is 2. The first-order valence-electron chi connectivity index (χ1n) is 5.67. The highest BCUT2D eigenvalue weighted by molar-refractivity contribution is 6.31. The lowest BCUT2D eigenvalue weighted by Crippen LogP contribution is -2.01.